The zero-order valence-electron chi connectivity index (χ0n) is 18.8. The smallest absolute Gasteiger partial charge is 0.269 e. The fraction of sp³-hybridized carbons (Fsp3) is 0.435. The van der Waals surface area contributed by atoms with E-state index in [2.05, 4.69) is 32.1 Å². The summed E-state index contributed by atoms with van der Waals surface area (Å²) in [4.78, 5) is 37.2. The van der Waals surface area contributed by atoms with Crippen LogP contribution in [0.15, 0.2) is 35.4 Å². The first-order valence-electron chi connectivity index (χ1n) is 11.0. The molecule has 10 heteroatoms. The minimum atomic E-state index is -0.338. The van der Waals surface area contributed by atoms with E-state index < -0.39 is 0 Å². The van der Waals surface area contributed by atoms with Crippen LogP contribution in [0.4, 0.5) is 10.2 Å². The number of anilines is 1. The van der Waals surface area contributed by atoms with Crippen LogP contribution in [0.2, 0.25) is 0 Å². The molecule has 1 amide bonds. The van der Waals surface area contributed by atoms with Crippen LogP contribution in [0.1, 0.15) is 25.6 Å². The summed E-state index contributed by atoms with van der Waals surface area (Å²) in [6, 6.07) is 4.38. The number of likely N-dealkylation sites (tertiary alicyclic amines) is 1. The summed E-state index contributed by atoms with van der Waals surface area (Å²) < 4.78 is 20.1. The lowest BCUT2D eigenvalue weighted by Gasteiger charge is -2.30. The first kappa shape index (κ1) is 22.8. The van der Waals surface area contributed by atoms with Crippen molar-refractivity contribution in [2.75, 3.05) is 31.6 Å². The van der Waals surface area contributed by atoms with Crippen LogP contribution >= 0.6 is 0 Å². The number of benzene rings is 1. The first-order valence-corrected chi connectivity index (χ1v) is 11.0. The van der Waals surface area contributed by atoms with Gasteiger partial charge in [0.2, 0.25) is 0 Å². The minimum absolute atomic E-state index is 0.0411. The van der Waals surface area contributed by atoms with Crippen molar-refractivity contribution >= 4 is 22.8 Å². The van der Waals surface area contributed by atoms with E-state index in [1.165, 1.54) is 31.2 Å². The lowest BCUT2D eigenvalue weighted by molar-refractivity contribution is -0.118. The minimum Gasteiger partial charge on any atom is -0.478 e. The predicted molar refractivity (Wildman–Crippen MR) is 122 cm³/mol. The van der Waals surface area contributed by atoms with Gasteiger partial charge in [0, 0.05) is 13.1 Å². The Bertz CT molecular complexity index is 1210. The maximum Gasteiger partial charge on any atom is 0.269 e. The highest BCUT2D eigenvalue weighted by molar-refractivity contribution is 5.94. The Kier molecular flexibility index (Phi) is 6.93. The summed E-state index contributed by atoms with van der Waals surface area (Å²) >= 11 is 0. The van der Waals surface area contributed by atoms with E-state index >= 15 is 0 Å². The number of nitrogens with zero attached hydrogens (tertiary/aromatic N) is 5. The van der Waals surface area contributed by atoms with Crippen LogP contribution in [-0.2, 0) is 11.3 Å². The molecule has 0 unspecified atom stereocenters. The molecule has 0 spiro atoms. The topological polar surface area (TPSA) is 102 Å². The maximum absolute atomic E-state index is 13.4. The van der Waals surface area contributed by atoms with Crippen molar-refractivity contribution in [1.82, 2.24) is 24.4 Å². The molecule has 3 aromatic rings. The second-order valence-corrected chi connectivity index (χ2v) is 8.37. The molecular weight excluding hydrogens is 427 g/mol. The van der Waals surface area contributed by atoms with Gasteiger partial charge in [-0.05, 0) is 57.0 Å². The van der Waals surface area contributed by atoms with Crippen LogP contribution in [-0.4, -0.2) is 56.6 Å². The SMILES string of the molecule is CC1CCN(CCn2c(=O)cnc3ccc(F)cc32)CC1.Cc1ncc2c(n1)NC(=O)CO2. The molecule has 5 rings (SSSR count). The molecule has 1 aromatic carbocycles. The lowest BCUT2D eigenvalue weighted by atomic mass is 9.99. The molecule has 0 radical (unpaired) electrons. The van der Waals surface area contributed by atoms with Crippen molar-refractivity contribution in [3.05, 3.63) is 52.6 Å². The number of nitrogens with one attached hydrogen (secondary N) is 1. The predicted octanol–water partition coefficient (Wildman–Crippen LogP) is 2.38. The summed E-state index contributed by atoms with van der Waals surface area (Å²) in [6.07, 6.45) is 5.29. The van der Waals surface area contributed by atoms with Crippen LogP contribution in [0, 0.1) is 18.7 Å². The molecule has 0 saturated carbocycles. The summed E-state index contributed by atoms with van der Waals surface area (Å²) in [7, 11) is 0. The molecular formula is C23H27FN6O3. The van der Waals surface area contributed by atoms with E-state index in [1.54, 1.807) is 23.8 Å². The van der Waals surface area contributed by atoms with Gasteiger partial charge in [0.05, 0.1) is 23.4 Å². The number of halogens is 1. The third-order valence-corrected chi connectivity index (χ3v) is 5.82. The Morgan fingerprint density at radius 3 is 2.73 bits per heavy atom. The van der Waals surface area contributed by atoms with Crippen molar-refractivity contribution in [1.29, 1.82) is 0 Å². The Balaban J connectivity index is 0.000000183. The monoisotopic (exact) mass is 454 g/mol. The molecule has 2 aromatic heterocycles. The zero-order valence-corrected chi connectivity index (χ0v) is 18.8. The molecule has 9 nitrogen and oxygen atoms in total. The second-order valence-electron chi connectivity index (χ2n) is 8.37. The van der Waals surface area contributed by atoms with Crippen molar-refractivity contribution < 1.29 is 13.9 Å². The molecule has 4 heterocycles. The van der Waals surface area contributed by atoms with E-state index in [0.29, 0.717) is 35.0 Å². The largest absolute Gasteiger partial charge is 0.478 e. The van der Waals surface area contributed by atoms with Gasteiger partial charge in [-0.25, -0.2) is 19.3 Å². The molecule has 33 heavy (non-hydrogen) atoms. The maximum atomic E-state index is 13.4. The van der Waals surface area contributed by atoms with E-state index in [1.807, 2.05) is 0 Å². The Labute approximate surface area is 190 Å². The van der Waals surface area contributed by atoms with Crippen molar-refractivity contribution in [2.24, 2.45) is 5.92 Å². The van der Waals surface area contributed by atoms with Gasteiger partial charge in [0.25, 0.3) is 11.5 Å². The van der Waals surface area contributed by atoms with Gasteiger partial charge in [-0.2, -0.15) is 0 Å². The van der Waals surface area contributed by atoms with Crippen molar-refractivity contribution in [2.45, 2.75) is 33.2 Å². The van der Waals surface area contributed by atoms with Crippen molar-refractivity contribution in [3.63, 3.8) is 0 Å². The highest BCUT2D eigenvalue weighted by atomic mass is 19.1. The highest BCUT2D eigenvalue weighted by Gasteiger charge is 2.17. The molecule has 1 N–H and O–H groups in total. The van der Waals surface area contributed by atoms with Gasteiger partial charge >= 0.3 is 0 Å². The van der Waals surface area contributed by atoms with E-state index in [0.717, 1.165) is 25.6 Å². The molecule has 2 aliphatic heterocycles. The lowest BCUT2D eigenvalue weighted by Crippen LogP contribution is -2.36. The molecule has 0 bridgehead atoms. The number of piperidine rings is 1. The first-order chi connectivity index (χ1) is 15.9. The number of ether oxygens (including phenoxy) is 1. The number of rotatable bonds is 3. The average molecular weight is 455 g/mol. The number of hydrogen-bond acceptors (Lipinski definition) is 7. The Hall–Kier alpha value is -3.40. The normalized spacial score (nSPS) is 16.4. The highest BCUT2D eigenvalue weighted by Crippen LogP contribution is 2.23. The number of carbonyl (C=O) groups is 1. The number of carbonyl (C=O) groups excluding carboxylic acids is 1. The molecule has 174 valence electrons. The fourth-order valence-corrected chi connectivity index (χ4v) is 3.86. The van der Waals surface area contributed by atoms with Crippen LogP contribution in [0.3, 0.4) is 0 Å². The standard InChI is InChI=1S/C16H20FN3O.C7H7N3O2/c1-12-4-6-19(7-5-12)8-9-20-15-10-13(17)2-3-14(15)18-11-16(20)21;1-4-8-2-5-7(9-4)10-6(11)3-12-5/h2-3,10-12H,4-9H2,1H3;2H,3H2,1H3,(H,8,9,10,11). The molecule has 0 aliphatic carbocycles. The van der Waals surface area contributed by atoms with Crippen LogP contribution < -0.4 is 15.6 Å². The molecule has 0 atom stereocenters. The molecule has 1 fully saturated rings. The summed E-state index contributed by atoms with van der Waals surface area (Å²) in [5, 5.41) is 2.59. The number of fused-ring (bicyclic) bond motifs is 2. The van der Waals surface area contributed by atoms with Crippen LogP contribution in [0.25, 0.3) is 11.0 Å². The van der Waals surface area contributed by atoms with E-state index in [-0.39, 0.29) is 23.9 Å². The van der Waals surface area contributed by atoms with Gasteiger partial charge in [0.1, 0.15) is 11.6 Å². The number of hydrogen-bond donors (Lipinski definition) is 1. The second kappa shape index (κ2) is 10.0. The third kappa shape index (κ3) is 5.70. The summed E-state index contributed by atoms with van der Waals surface area (Å²) in [5.74, 6) is 1.87. The Morgan fingerprint density at radius 2 is 1.94 bits per heavy atom. The number of amides is 1. The van der Waals surface area contributed by atoms with Gasteiger partial charge in [-0.1, -0.05) is 6.92 Å². The average Bonchev–Trinajstić information content (AvgIpc) is 2.79. The van der Waals surface area contributed by atoms with Gasteiger partial charge < -0.3 is 19.5 Å². The quantitative estimate of drug-likeness (QED) is 0.648. The number of aromatic nitrogens is 4. The summed E-state index contributed by atoms with van der Waals surface area (Å²) in [5.41, 5.74) is 1.06. The molecule has 2 aliphatic rings. The van der Waals surface area contributed by atoms with E-state index in [9.17, 15) is 14.0 Å². The van der Waals surface area contributed by atoms with Crippen molar-refractivity contribution in [3.8, 4) is 5.75 Å². The molecule has 1 saturated heterocycles. The van der Waals surface area contributed by atoms with E-state index in [4.69, 9.17) is 4.74 Å². The van der Waals surface area contributed by atoms with Gasteiger partial charge in [0.15, 0.2) is 18.2 Å². The third-order valence-electron chi connectivity index (χ3n) is 5.82. The Morgan fingerprint density at radius 1 is 1.15 bits per heavy atom. The zero-order chi connectivity index (χ0) is 23.4. The van der Waals surface area contributed by atoms with Gasteiger partial charge in [-0.3, -0.25) is 9.59 Å². The van der Waals surface area contributed by atoms with Crippen LogP contribution in [0.5, 0.6) is 5.75 Å². The fourth-order valence-electron chi connectivity index (χ4n) is 3.86. The summed E-state index contributed by atoms with van der Waals surface area (Å²) in [6.45, 7) is 7.62. The number of aryl methyl sites for hydroxylation is 1. The van der Waals surface area contributed by atoms with Gasteiger partial charge in [-0.15, -0.1) is 0 Å².